The van der Waals surface area contributed by atoms with Gasteiger partial charge in [0.1, 0.15) is 11.5 Å². The fraction of sp³-hybridized carbons (Fsp3) is 0.217. The first-order valence-corrected chi connectivity index (χ1v) is 10.6. The van der Waals surface area contributed by atoms with E-state index in [1.165, 1.54) is 4.90 Å². The molecule has 3 aromatic rings. The standard InChI is InChI=1S/C23H20Cl2N2O4/c1-2-12-26-22(28)20-13-27(16-8-3-4-9-18(16)31-20)23(29)19-11-10-17(30-19)14-6-5-7-15(24)21(14)25/h3-11,20H,2,12-13H2,1H3,(H,26,28)/t20-/m1/s1. The highest BCUT2D eigenvalue weighted by Gasteiger charge is 2.35. The largest absolute Gasteiger partial charge is 0.477 e. The molecule has 8 heteroatoms. The van der Waals surface area contributed by atoms with Crippen molar-refractivity contribution in [2.24, 2.45) is 0 Å². The number of anilines is 1. The minimum absolute atomic E-state index is 0.0688. The molecule has 0 bridgehead atoms. The van der Waals surface area contributed by atoms with Crippen LogP contribution in [0.4, 0.5) is 5.69 Å². The van der Waals surface area contributed by atoms with E-state index in [2.05, 4.69) is 5.32 Å². The molecule has 0 saturated heterocycles. The highest BCUT2D eigenvalue weighted by molar-refractivity contribution is 6.43. The summed E-state index contributed by atoms with van der Waals surface area (Å²) in [5.74, 6) is 0.363. The molecule has 0 saturated carbocycles. The van der Waals surface area contributed by atoms with Gasteiger partial charge in [0.05, 0.1) is 22.3 Å². The van der Waals surface area contributed by atoms with Crippen LogP contribution in [0.25, 0.3) is 11.3 Å². The number of ether oxygens (including phenoxy) is 1. The Labute approximate surface area is 189 Å². The number of nitrogens with one attached hydrogen (secondary N) is 1. The van der Waals surface area contributed by atoms with Crippen molar-refractivity contribution in [3.63, 3.8) is 0 Å². The van der Waals surface area contributed by atoms with Crippen molar-refractivity contribution in [3.8, 4) is 17.1 Å². The molecule has 1 aromatic heterocycles. The van der Waals surface area contributed by atoms with Crippen molar-refractivity contribution < 1.29 is 18.7 Å². The molecule has 4 rings (SSSR count). The second-order valence-corrected chi connectivity index (χ2v) is 7.83. The summed E-state index contributed by atoms with van der Waals surface area (Å²) in [5.41, 5.74) is 1.16. The van der Waals surface area contributed by atoms with Crippen LogP contribution < -0.4 is 15.0 Å². The van der Waals surface area contributed by atoms with Crippen LogP contribution in [0.2, 0.25) is 10.0 Å². The van der Waals surface area contributed by atoms with E-state index < -0.39 is 6.10 Å². The Balaban J connectivity index is 1.63. The van der Waals surface area contributed by atoms with Crippen LogP contribution >= 0.6 is 23.2 Å². The van der Waals surface area contributed by atoms with E-state index in [9.17, 15) is 9.59 Å². The summed E-state index contributed by atoms with van der Waals surface area (Å²) in [4.78, 5) is 27.3. The third-order valence-corrected chi connectivity index (χ3v) is 5.71. The van der Waals surface area contributed by atoms with Gasteiger partial charge in [-0.2, -0.15) is 0 Å². The average Bonchev–Trinajstić information content (AvgIpc) is 3.28. The normalized spacial score (nSPS) is 15.2. The molecule has 0 spiro atoms. The summed E-state index contributed by atoms with van der Waals surface area (Å²) < 4.78 is 11.7. The zero-order valence-corrected chi connectivity index (χ0v) is 18.2. The fourth-order valence-electron chi connectivity index (χ4n) is 3.35. The minimum Gasteiger partial charge on any atom is -0.477 e. The number of amides is 2. The lowest BCUT2D eigenvalue weighted by atomic mass is 10.1. The maximum atomic E-state index is 13.3. The molecule has 0 aliphatic carbocycles. The van der Waals surface area contributed by atoms with E-state index in [1.54, 1.807) is 54.6 Å². The van der Waals surface area contributed by atoms with Crippen molar-refractivity contribution in [1.82, 2.24) is 5.32 Å². The third kappa shape index (κ3) is 4.27. The van der Waals surface area contributed by atoms with Crippen LogP contribution in [-0.4, -0.2) is 31.0 Å². The molecule has 0 radical (unpaired) electrons. The lowest BCUT2D eigenvalue weighted by Crippen LogP contribution is -2.50. The van der Waals surface area contributed by atoms with Crippen LogP contribution in [0.15, 0.2) is 59.0 Å². The van der Waals surface area contributed by atoms with Crippen LogP contribution in [0.1, 0.15) is 23.9 Å². The highest BCUT2D eigenvalue weighted by atomic mass is 35.5. The molecule has 2 aromatic carbocycles. The maximum Gasteiger partial charge on any atom is 0.294 e. The van der Waals surface area contributed by atoms with Gasteiger partial charge in [-0.3, -0.25) is 14.5 Å². The topological polar surface area (TPSA) is 71.8 Å². The molecule has 1 N–H and O–H groups in total. The lowest BCUT2D eigenvalue weighted by molar-refractivity contribution is -0.127. The van der Waals surface area contributed by atoms with Gasteiger partial charge >= 0.3 is 0 Å². The number of furan rings is 1. The van der Waals surface area contributed by atoms with Gasteiger partial charge in [0.15, 0.2) is 11.9 Å². The number of carbonyl (C=O) groups is 2. The first-order chi connectivity index (χ1) is 15.0. The number of benzene rings is 2. The second-order valence-electron chi connectivity index (χ2n) is 7.05. The van der Waals surface area contributed by atoms with Gasteiger partial charge in [-0.05, 0) is 42.8 Å². The summed E-state index contributed by atoms with van der Waals surface area (Å²) in [7, 11) is 0. The zero-order chi connectivity index (χ0) is 22.0. The first kappa shape index (κ1) is 21.3. The van der Waals surface area contributed by atoms with E-state index in [0.717, 1.165) is 6.42 Å². The van der Waals surface area contributed by atoms with E-state index in [4.69, 9.17) is 32.4 Å². The quantitative estimate of drug-likeness (QED) is 0.570. The van der Waals surface area contributed by atoms with E-state index >= 15 is 0 Å². The summed E-state index contributed by atoms with van der Waals surface area (Å²) in [6.07, 6.45) is -0.0129. The Morgan fingerprint density at radius 2 is 1.90 bits per heavy atom. The lowest BCUT2D eigenvalue weighted by Gasteiger charge is -2.33. The van der Waals surface area contributed by atoms with Crippen molar-refractivity contribution in [2.75, 3.05) is 18.0 Å². The second kappa shape index (κ2) is 9.04. The van der Waals surface area contributed by atoms with Crippen LogP contribution in [0.5, 0.6) is 5.75 Å². The molecule has 31 heavy (non-hydrogen) atoms. The molecule has 0 unspecified atom stereocenters. The Morgan fingerprint density at radius 3 is 2.71 bits per heavy atom. The summed E-state index contributed by atoms with van der Waals surface area (Å²) in [6, 6.07) is 15.5. The third-order valence-electron chi connectivity index (χ3n) is 4.89. The molecule has 160 valence electrons. The molecule has 0 fully saturated rings. The summed E-state index contributed by atoms with van der Waals surface area (Å²) in [6.45, 7) is 2.57. The van der Waals surface area contributed by atoms with Gasteiger partial charge in [-0.15, -0.1) is 0 Å². The molecule has 2 amide bonds. The zero-order valence-electron chi connectivity index (χ0n) is 16.7. The number of rotatable bonds is 5. The predicted octanol–water partition coefficient (Wildman–Crippen LogP) is 5.19. The molecular weight excluding hydrogens is 439 g/mol. The van der Waals surface area contributed by atoms with E-state index in [1.807, 2.05) is 6.92 Å². The van der Waals surface area contributed by atoms with Crippen molar-refractivity contribution in [3.05, 3.63) is 70.4 Å². The number of halogens is 2. The first-order valence-electron chi connectivity index (χ1n) is 9.89. The Kier molecular flexibility index (Phi) is 6.20. The molecular formula is C23H20Cl2N2O4. The van der Waals surface area contributed by atoms with Crippen LogP contribution in [0.3, 0.4) is 0 Å². The molecule has 6 nitrogen and oxygen atoms in total. The van der Waals surface area contributed by atoms with Gasteiger partial charge in [0, 0.05) is 12.1 Å². The number of nitrogens with zero attached hydrogens (tertiary/aromatic N) is 1. The number of carbonyl (C=O) groups excluding carboxylic acids is 2. The molecule has 1 aliphatic heterocycles. The van der Waals surface area contributed by atoms with Crippen molar-refractivity contribution >= 4 is 40.7 Å². The Bertz CT molecular complexity index is 1130. The van der Waals surface area contributed by atoms with Gasteiger partial charge in [-0.25, -0.2) is 0 Å². The predicted molar refractivity (Wildman–Crippen MR) is 120 cm³/mol. The molecule has 1 atom stereocenters. The maximum absolute atomic E-state index is 13.3. The van der Waals surface area contributed by atoms with Gasteiger partial charge < -0.3 is 14.5 Å². The highest BCUT2D eigenvalue weighted by Crippen LogP contribution is 2.37. The van der Waals surface area contributed by atoms with Crippen LogP contribution in [0, 0.1) is 0 Å². The summed E-state index contributed by atoms with van der Waals surface area (Å²) in [5, 5.41) is 3.56. The number of para-hydroxylation sites is 2. The van der Waals surface area contributed by atoms with E-state index in [-0.39, 0.29) is 24.1 Å². The fourth-order valence-corrected chi connectivity index (χ4v) is 3.74. The van der Waals surface area contributed by atoms with Gasteiger partial charge in [0.2, 0.25) is 0 Å². The van der Waals surface area contributed by atoms with Crippen molar-refractivity contribution in [2.45, 2.75) is 19.4 Å². The molecule has 1 aliphatic rings. The molecule has 2 heterocycles. The number of hydrogen-bond donors (Lipinski definition) is 1. The number of hydrogen-bond acceptors (Lipinski definition) is 4. The Morgan fingerprint density at radius 1 is 1.10 bits per heavy atom. The average molecular weight is 459 g/mol. The van der Waals surface area contributed by atoms with Crippen LogP contribution in [-0.2, 0) is 4.79 Å². The van der Waals surface area contributed by atoms with E-state index in [0.29, 0.717) is 39.4 Å². The Hall–Kier alpha value is -2.96. The monoisotopic (exact) mass is 458 g/mol. The smallest absolute Gasteiger partial charge is 0.294 e. The van der Waals surface area contributed by atoms with Gasteiger partial charge in [-0.1, -0.05) is 48.3 Å². The SMILES string of the molecule is CCCNC(=O)[C@H]1CN(C(=O)c2ccc(-c3cccc(Cl)c3Cl)o2)c2ccccc2O1. The van der Waals surface area contributed by atoms with Gasteiger partial charge in [0.25, 0.3) is 11.8 Å². The number of fused-ring (bicyclic) bond motifs is 1. The minimum atomic E-state index is -0.817. The summed E-state index contributed by atoms with van der Waals surface area (Å²) >= 11 is 12.4. The van der Waals surface area contributed by atoms with Crippen molar-refractivity contribution in [1.29, 1.82) is 0 Å².